The van der Waals surface area contributed by atoms with Gasteiger partial charge in [-0.25, -0.2) is 14.3 Å². The number of piperidine rings is 1. The van der Waals surface area contributed by atoms with E-state index in [1.54, 1.807) is 6.20 Å². The van der Waals surface area contributed by atoms with Gasteiger partial charge in [-0.05, 0) is 69.7 Å². The third-order valence-corrected chi connectivity index (χ3v) is 5.36. The number of hydrogen-bond acceptors (Lipinski definition) is 5. The molecule has 7 nitrogen and oxygen atoms in total. The number of rotatable bonds is 6. The van der Waals surface area contributed by atoms with Crippen molar-refractivity contribution in [3.63, 3.8) is 0 Å². The highest BCUT2D eigenvalue weighted by Crippen LogP contribution is 2.34. The van der Waals surface area contributed by atoms with Crippen molar-refractivity contribution in [2.75, 3.05) is 13.2 Å². The number of carbonyl (C=O) groups is 2. The Morgan fingerprint density at radius 3 is 2.71 bits per heavy atom. The van der Waals surface area contributed by atoms with Crippen molar-refractivity contribution in [1.29, 1.82) is 0 Å². The lowest BCUT2D eigenvalue weighted by Gasteiger charge is -2.38. The number of likely N-dealkylation sites (tertiary alicyclic amines) is 1. The van der Waals surface area contributed by atoms with Crippen molar-refractivity contribution in [2.24, 2.45) is 0 Å². The van der Waals surface area contributed by atoms with Gasteiger partial charge in [-0.1, -0.05) is 25.5 Å². The predicted molar refractivity (Wildman–Crippen MR) is 118 cm³/mol. The lowest BCUT2D eigenvalue weighted by molar-refractivity contribution is -0.151. The highest BCUT2D eigenvalue weighted by atomic mass is 16.6. The van der Waals surface area contributed by atoms with Crippen LogP contribution in [0.15, 0.2) is 42.7 Å². The Kier molecular flexibility index (Phi) is 7.36. The number of benzene rings is 1. The van der Waals surface area contributed by atoms with Crippen LogP contribution in [0.2, 0.25) is 0 Å². The van der Waals surface area contributed by atoms with Crippen molar-refractivity contribution in [3.8, 4) is 5.69 Å². The molecule has 0 unspecified atom stereocenters. The van der Waals surface area contributed by atoms with E-state index in [-0.39, 0.29) is 11.9 Å². The van der Waals surface area contributed by atoms with Gasteiger partial charge >= 0.3 is 12.1 Å². The van der Waals surface area contributed by atoms with Crippen LogP contribution in [0.25, 0.3) is 5.69 Å². The van der Waals surface area contributed by atoms with Gasteiger partial charge in [0.1, 0.15) is 11.6 Å². The average molecular weight is 428 g/mol. The summed E-state index contributed by atoms with van der Waals surface area (Å²) in [6.07, 6.45) is 6.19. The Morgan fingerprint density at radius 1 is 1.23 bits per heavy atom. The van der Waals surface area contributed by atoms with Gasteiger partial charge in [0.05, 0.1) is 12.3 Å². The van der Waals surface area contributed by atoms with Crippen LogP contribution in [-0.4, -0.2) is 51.5 Å². The van der Waals surface area contributed by atoms with Gasteiger partial charge in [-0.3, -0.25) is 4.90 Å². The first-order valence-corrected chi connectivity index (χ1v) is 11.0. The van der Waals surface area contributed by atoms with Gasteiger partial charge in [-0.15, -0.1) is 0 Å². The number of unbranched alkanes of at least 4 members (excludes halogenated alkanes) is 1. The molecule has 2 heterocycles. The van der Waals surface area contributed by atoms with Crippen LogP contribution in [0.1, 0.15) is 64.9 Å². The fraction of sp³-hybridized carbons (Fsp3) is 0.542. The van der Waals surface area contributed by atoms with E-state index in [0.29, 0.717) is 19.6 Å². The molecule has 3 rings (SSSR count). The van der Waals surface area contributed by atoms with Gasteiger partial charge in [0.25, 0.3) is 0 Å². The molecule has 0 bridgehead atoms. The number of hydrogen-bond donors (Lipinski definition) is 0. The number of amides is 1. The minimum atomic E-state index is -0.654. The first kappa shape index (κ1) is 22.8. The summed E-state index contributed by atoms with van der Waals surface area (Å²) in [5.74, 6) is -0.217. The zero-order valence-corrected chi connectivity index (χ0v) is 18.9. The predicted octanol–water partition coefficient (Wildman–Crippen LogP) is 4.70. The third-order valence-electron chi connectivity index (χ3n) is 5.36. The minimum absolute atomic E-state index is 0.137. The van der Waals surface area contributed by atoms with Crippen molar-refractivity contribution >= 4 is 12.1 Å². The van der Waals surface area contributed by atoms with Crippen LogP contribution < -0.4 is 0 Å². The van der Waals surface area contributed by atoms with Crippen LogP contribution >= 0.6 is 0 Å². The van der Waals surface area contributed by atoms with Crippen LogP contribution in [0, 0.1) is 0 Å². The van der Waals surface area contributed by atoms with Crippen molar-refractivity contribution < 1.29 is 19.1 Å². The largest absolute Gasteiger partial charge is 0.464 e. The minimum Gasteiger partial charge on any atom is -0.464 e. The van der Waals surface area contributed by atoms with Crippen LogP contribution in [0.4, 0.5) is 4.79 Å². The number of esters is 1. The maximum atomic E-state index is 12.9. The topological polar surface area (TPSA) is 73.7 Å². The number of ether oxygens (including phenoxy) is 2. The molecule has 1 aromatic carbocycles. The van der Waals surface area contributed by atoms with Gasteiger partial charge in [0.2, 0.25) is 0 Å². The van der Waals surface area contributed by atoms with E-state index in [9.17, 15) is 9.59 Å². The standard InChI is InChI=1S/C24H33N3O4/c1-5-6-15-30-22(28)21-17-19(11-14-26(21)23(29)31-24(2,3)4)18-9-7-10-20(16-18)27-13-8-12-25-27/h7-10,12-13,16,19,21H,5-6,11,14-15,17H2,1-4H3/t19-,21+/m0/s1. The molecule has 1 aliphatic heterocycles. The van der Waals surface area contributed by atoms with E-state index in [0.717, 1.165) is 30.5 Å². The molecule has 0 radical (unpaired) electrons. The molecule has 2 aromatic rings. The lowest BCUT2D eigenvalue weighted by Crippen LogP contribution is -2.51. The second kappa shape index (κ2) is 9.98. The summed E-state index contributed by atoms with van der Waals surface area (Å²) in [5.41, 5.74) is 1.48. The van der Waals surface area contributed by atoms with Crippen LogP contribution in [0.5, 0.6) is 0 Å². The van der Waals surface area contributed by atoms with Crippen molar-refractivity contribution in [1.82, 2.24) is 14.7 Å². The Hall–Kier alpha value is -2.83. The Morgan fingerprint density at radius 2 is 2.03 bits per heavy atom. The third kappa shape index (κ3) is 6.09. The Labute approximate surface area is 184 Å². The number of nitrogens with zero attached hydrogens (tertiary/aromatic N) is 3. The summed E-state index contributed by atoms with van der Waals surface area (Å²) in [7, 11) is 0. The molecule has 0 N–H and O–H groups in total. The fourth-order valence-corrected chi connectivity index (χ4v) is 3.79. The first-order chi connectivity index (χ1) is 14.8. The second-order valence-corrected chi connectivity index (χ2v) is 8.98. The molecule has 7 heteroatoms. The molecule has 1 saturated heterocycles. The molecular weight excluding hydrogens is 394 g/mol. The van der Waals surface area contributed by atoms with Crippen LogP contribution in [0.3, 0.4) is 0 Å². The molecule has 1 aliphatic rings. The molecule has 2 atom stereocenters. The monoisotopic (exact) mass is 427 g/mol. The maximum Gasteiger partial charge on any atom is 0.411 e. The molecule has 31 heavy (non-hydrogen) atoms. The van der Waals surface area contributed by atoms with E-state index in [4.69, 9.17) is 9.47 Å². The number of carbonyl (C=O) groups excluding carboxylic acids is 2. The van der Waals surface area contributed by atoms with E-state index in [1.165, 1.54) is 4.90 Å². The average Bonchev–Trinajstić information content (AvgIpc) is 3.27. The van der Waals surface area contributed by atoms with Gasteiger partial charge in [-0.2, -0.15) is 5.10 Å². The molecule has 1 amide bonds. The van der Waals surface area contributed by atoms with Gasteiger partial charge in [0.15, 0.2) is 0 Å². The van der Waals surface area contributed by atoms with Crippen molar-refractivity contribution in [3.05, 3.63) is 48.3 Å². The highest BCUT2D eigenvalue weighted by Gasteiger charge is 2.39. The Bertz CT molecular complexity index is 873. The second-order valence-electron chi connectivity index (χ2n) is 8.98. The van der Waals surface area contributed by atoms with E-state index in [2.05, 4.69) is 17.2 Å². The fourth-order valence-electron chi connectivity index (χ4n) is 3.79. The molecule has 0 aliphatic carbocycles. The zero-order valence-electron chi connectivity index (χ0n) is 18.9. The quantitative estimate of drug-likeness (QED) is 0.494. The molecule has 0 spiro atoms. The van der Waals surface area contributed by atoms with E-state index < -0.39 is 17.7 Å². The summed E-state index contributed by atoms with van der Waals surface area (Å²) in [6.45, 7) is 8.34. The molecular formula is C24H33N3O4. The smallest absolute Gasteiger partial charge is 0.411 e. The SMILES string of the molecule is CCCCOC(=O)[C@H]1C[C@@H](c2cccc(-n3cccn3)c2)CCN1C(=O)OC(C)(C)C. The number of aromatic nitrogens is 2. The summed E-state index contributed by atoms with van der Waals surface area (Å²) >= 11 is 0. The summed E-state index contributed by atoms with van der Waals surface area (Å²) in [4.78, 5) is 27.2. The van der Waals surface area contributed by atoms with Crippen LogP contribution in [-0.2, 0) is 14.3 Å². The van der Waals surface area contributed by atoms with Crippen molar-refractivity contribution in [2.45, 2.75) is 70.9 Å². The zero-order chi connectivity index (χ0) is 22.4. The van der Waals surface area contributed by atoms with E-state index >= 15 is 0 Å². The summed E-state index contributed by atoms with van der Waals surface area (Å²) in [5, 5.41) is 4.30. The Balaban J connectivity index is 1.79. The molecule has 0 saturated carbocycles. The van der Waals surface area contributed by atoms with Gasteiger partial charge < -0.3 is 9.47 Å². The maximum absolute atomic E-state index is 12.9. The van der Waals surface area contributed by atoms with Gasteiger partial charge in [0, 0.05) is 18.9 Å². The summed E-state index contributed by atoms with van der Waals surface area (Å²) in [6, 6.07) is 9.40. The molecule has 1 fully saturated rings. The normalized spacial score (nSPS) is 19.2. The highest BCUT2D eigenvalue weighted by molar-refractivity contribution is 5.82. The van der Waals surface area contributed by atoms with E-state index in [1.807, 2.05) is 56.8 Å². The lowest BCUT2D eigenvalue weighted by atomic mass is 9.85. The first-order valence-electron chi connectivity index (χ1n) is 11.0. The molecule has 168 valence electrons. The molecule has 1 aromatic heterocycles. The summed E-state index contributed by atoms with van der Waals surface area (Å²) < 4.78 is 12.9.